The van der Waals surface area contributed by atoms with Crippen LogP contribution in [0, 0.1) is 16.7 Å². The normalized spacial score (nSPS) is 18.6. The van der Waals surface area contributed by atoms with Gasteiger partial charge in [-0.3, -0.25) is 9.69 Å². The van der Waals surface area contributed by atoms with Crippen LogP contribution in [0.25, 0.3) is 0 Å². The zero-order valence-electron chi connectivity index (χ0n) is 12.3. The smallest absolute Gasteiger partial charge is 0.228 e. The Labute approximate surface area is 111 Å². The molecule has 0 aromatic heterocycles. The summed E-state index contributed by atoms with van der Waals surface area (Å²) in [4.78, 5) is 16.4. The zero-order chi connectivity index (χ0) is 14.0. The Morgan fingerprint density at radius 3 is 2.06 bits per heavy atom. The van der Waals surface area contributed by atoms with Crippen LogP contribution >= 0.6 is 0 Å². The molecule has 0 aromatic carbocycles. The Balaban J connectivity index is 2.61. The molecular weight excluding hydrogens is 226 g/mol. The molecule has 0 aliphatic carbocycles. The molecule has 0 bridgehead atoms. The third kappa shape index (κ3) is 3.02. The van der Waals surface area contributed by atoms with Gasteiger partial charge >= 0.3 is 0 Å². The van der Waals surface area contributed by atoms with E-state index in [0.29, 0.717) is 0 Å². The van der Waals surface area contributed by atoms with Gasteiger partial charge in [0.1, 0.15) is 5.54 Å². The van der Waals surface area contributed by atoms with Crippen LogP contribution in [0.2, 0.25) is 0 Å². The first-order chi connectivity index (χ1) is 8.24. The van der Waals surface area contributed by atoms with Crippen LogP contribution in [0.3, 0.4) is 0 Å². The first kappa shape index (κ1) is 15.0. The van der Waals surface area contributed by atoms with E-state index in [2.05, 4.69) is 11.0 Å². The molecule has 1 rings (SSSR count). The fourth-order valence-electron chi connectivity index (χ4n) is 2.12. The minimum absolute atomic E-state index is 0.236. The van der Waals surface area contributed by atoms with E-state index >= 15 is 0 Å². The maximum absolute atomic E-state index is 12.3. The second kappa shape index (κ2) is 5.27. The van der Waals surface area contributed by atoms with Gasteiger partial charge in [-0.05, 0) is 20.3 Å². The summed E-state index contributed by atoms with van der Waals surface area (Å²) in [7, 11) is 0. The Kier molecular flexibility index (Phi) is 4.39. The van der Waals surface area contributed by atoms with Crippen molar-refractivity contribution < 1.29 is 4.79 Å². The van der Waals surface area contributed by atoms with Crippen LogP contribution in [0.5, 0.6) is 0 Å². The minimum Gasteiger partial charge on any atom is -0.340 e. The molecule has 0 atom stereocenters. The fraction of sp³-hybridized carbons (Fsp3) is 0.857. The summed E-state index contributed by atoms with van der Waals surface area (Å²) in [5.41, 5.74) is -0.706. The van der Waals surface area contributed by atoms with E-state index in [0.717, 1.165) is 32.6 Å². The molecule has 0 saturated carbocycles. The van der Waals surface area contributed by atoms with Crippen LogP contribution < -0.4 is 0 Å². The van der Waals surface area contributed by atoms with E-state index in [9.17, 15) is 4.79 Å². The molecule has 102 valence electrons. The van der Waals surface area contributed by atoms with Gasteiger partial charge in [0, 0.05) is 31.6 Å². The first-order valence-electron chi connectivity index (χ1n) is 6.70. The summed E-state index contributed by atoms with van der Waals surface area (Å²) >= 11 is 0. The first-order valence-corrected chi connectivity index (χ1v) is 6.70. The van der Waals surface area contributed by atoms with Gasteiger partial charge in [-0.15, -0.1) is 0 Å². The Morgan fingerprint density at radius 2 is 1.67 bits per heavy atom. The van der Waals surface area contributed by atoms with Gasteiger partial charge in [-0.1, -0.05) is 20.8 Å². The molecule has 0 radical (unpaired) electrons. The lowest BCUT2D eigenvalue weighted by Gasteiger charge is -2.42. The van der Waals surface area contributed by atoms with Crippen molar-refractivity contribution in [2.75, 3.05) is 26.2 Å². The summed E-state index contributed by atoms with van der Waals surface area (Å²) < 4.78 is 0. The molecule has 0 unspecified atom stereocenters. The molecule has 1 aliphatic heterocycles. The predicted octanol–water partition coefficient (Wildman–Crippen LogP) is 1.87. The number of rotatable bonds is 3. The number of carbonyl (C=O) groups excluding carboxylic acids is 1. The largest absolute Gasteiger partial charge is 0.340 e. The quantitative estimate of drug-likeness (QED) is 0.769. The highest BCUT2D eigenvalue weighted by Crippen LogP contribution is 2.24. The minimum atomic E-state index is -0.435. The molecule has 4 heteroatoms. The monoisotopic (exact) mass is 251 g/mol. The molecule has 1 amide bonds. The van der Waals surface area contributed by atoms with Gasteiger partial charge in [0.15, 0.2) is 0 Å². The van der Waals surface area contributed by atoms with Crippen molar-refractivity contribution in [3.8, 4) is 6.07 Å². The van der Waals surface area contributed by atoms with E-state index < -0.39 is 5.54 Å². The second-order valence-electron chi connectivity index (χ2n) is 6.19. The van der Waals surface area contributed by atoms with Crippen molar-refractivity contribution in [2.45, 2.75) is 46.6 Å². The van der Waals surface area contributed by atoms with E-state index in [4.69, 9.17) is 5.26 Å². The lowest BCUT2D eigenvalue weighted by atomic mass is 9.88. The number of piperazine rings is 1. The average Bonchev–Trinajstić information content (AvgIpc) is 2.38. The molecular formula is C14H25N3O. The van der Waals surface area contributed by atoms with E-state index in [1.165, 1.54) is 0 Å². The maximum Gasteiger partial charge on any atom is 0.228 e. The molecule has 18 heavy (non-hydrogen) atoms. The number of carbonyl (C=O) groups is 1. The topological polar surface area (TPSA) is 47.3 Å². The number of nitrogens with zero attached hydrogens (tertiary/aromatic N) is 3. The number of hydrogen-bond donors (Lipinski definition) is 0. The van der Waals surface area contributed by atoms with Gasteiger partial charge in [-0.2, -0.15) is 5.26 Å². The van der Waals surface area contributed by atoms with Crippen LogP contribution in [0.1, 0.15) is 41.0 Å². The van der Waals surface area contributed by atoms with Crippen LogP contribution in [-0.4, -0.2) is 47.4 Å². The van der Waals surface area contributed by atoms with Crippen molar-refractivity contribution in [1.82, 2.24) is 9.80 Å². The molecule has 1 heterocycles. The second-order valence-corrected chi connectivity index (χ2v) is 6.19. The van der Waals surface area contributed by atoms with Gasteiger partial charge in [0.25, 0.3) is 0 Å². The van der Waals surface area contributed by atoms with Gasteiger partial charge in [0.2, 0.25) is 5.91 Å². The van der Waals surface area contributed by atoms with Gasteiger partial charge in [0.05, 0.1) is 6.07 Å². The fourth-order valence-corrected chi connectivity index (χ4v) is 2.12. The maximum atomic E-state index is 12.3. The molecule has 0 N–H and O–H groups in total. The highest BCUT2D eigenvalue weighted by atomic mass is 16.2. The van der Waals surface area contributed by atoms with E-state index in [-0.39, 0.29) is 11.3 Å². The molecule has 0 spiro atoms. The van der Waals surface area contributed by atoms with Crippen molar-refractivity contribution in [3.63, 3.8) is 0 Å². The SMILES string of the molecule is CCC(C)(C)C(=O)N1CCN(C(C)(C)C#N)CC1. The Morgan fingerprint density at radius 1 is 1.17 bits per heavy atom. The summed E-state index contributed by atoms with van der Waals surface area (Å²) in [6.07, 6.45) is 0.857. The third-order valence-corrected chi connectivity index (χ3v) is 4.09. The summed E-state index contributed by atoms with van der Waals surface area (Å²) in [5.74, 6) is 0.236. The van der Waals surface area contributed by atoms with Crippen molar-refractivity contribution in [1.29, 1.82) is 5.26 Å². The predicted molar refractivity (Wildman–Crippen MR) is 71.9 cm³/mol. The lowest BCUT2D eigenvalue weighted by Crippen LogP contribution is -2.56. The molecule has 0 aromatic rings. The van der Waals surface area contributed by atoms with Crippen molar-refractivity contribution >= 4 is 5.91 Å². The molecule has 1 fully saturated rings. The number of nitriles is 1. The van der Waals surface area contributed by atoms with Gasteiger partial charge in [-0.25, -0.2) is 0 Å². The van der Waals surface area contributed by atoms with Crippen molar-refractivity contribution in [2.24, 2.45) is 5.41 Å². The number of amides is 1. The molecule has 1 saturated heterocycles. The highest BCUT2D eigenvalue weighted by molar-refractivity contribution is 5.82. The van der Waals surface area contributed by atoms with E-state index in [1.54, 1.807) is 0 Å². The summed E-state index contributed by atoms with van der Waals surface area (Å²) in [6, 6.07) is 2.32. The number of hydrogen-bond acceptors (Lipinski definition) is 3. The average molecular weight is 251 g/mol. The van der Waals surface area contributed by atoms with Crippen LogP contribution in [0.4, 0.5) is 0 Å². The zero-order valence-corrected chi connectivity index (χ0v) is 12.3. The molecule has 4 nitrogen and oxygen atoms in total. The lowest BCUT2D eigenvalue weighted by molar-refractivity contribution is -0.142. The third-order valence-electron chi connectivity index (χ3n) is 4.09. The highest BCUT2D eigenvalue weighted by Gasteiger charge is 2.35. The summed E-state index contributed by atoms with van der Waals surface area (Å²) in [5, 5.41) is 9.12. The Bertz CT molecular complexity index is 347. The van der Waals surface area contributed by atoms with Crippen molar-refractivity contribution in [3.05, 3.63) is 0 Å². The summed E-state index contributed by atoms with van der Waals surface area (Å²) in [6.45, 7) is 12.9. The van der Waals surface area contributed by atoms with Crippen LogP contribution in [-0.2, 0) is 4.79 Å². The van der Waals surface area contributed by atoms with E-state index in [1.807, 2.05) is 39.5 Å². The van der Waals surface area contributed by atoms with Crippen LogP contribution in [0.15, 0.2) is 0 Å². The Hall–Kier alpha value is -1.08. The standard InChI is InChI=1S/C14H25N3O/c1-6-13(2,3)12(18)16-7-9-17(10-8-16)14(4,5)11-15/h6-10H2,1-5H3. The molecule has 1 aliphatic rings. The van der Waals surface area contributed by atoms with Gasteiger partial charge < -0.3 is 4.90 Å².